The summed E-state index contributed by atoms with van der Waals surface area (Å²) < 4.78 is 0. The average molecular weight is 121 g/mol. The smallest absolute Gasteiger partial charge is 0.0151 e. The number of hydrogen-bond acceptors (Lipinski definition) is 0. The lowest BCUT2D eigenvalue weighted by atomic mass is 10.1. The molecule has 49 valence electrons. The Morgan fingerprint density at radius 3 is 2.56 bits per heavy atom. The van der Waals surface area contributed by atoms with E-state index in [9.17, 15) is 0 Å². The molecule has 0 nitrogen and oxygen atoms in total. The highest BCUT2D eigenvalue weighted by Gasteiger charge is 2.13. The van der Waals surface area contributed by atoms with Gasteiger partial charge in [0.15, 0.2) is 0 Å². The van der Waals surface area contributed by atoms with Gasteiger partial charge in [-0.05, 0) is 25.7 Å². The van der Waals surface area contributed by atoms with E-state index in [1.165, 1.54) is 25.7 Å². The fourth-order valence-electron chi connectivity index (χ4n) is 1.27. The first-order valence-electron chi connectivity index (χ1n) is 3.66. The van der Waals surface area contributed by atoms with Crippen molar-refractivity contribution in [2.75, 3.05) is 0 Å². The second kappa shape index (κ2) is 3.56. The summed E-state index contributed by atoms with van der Waals surface area (Å²) >= 11 is 0. The van der Waals surface area contributed by atoms with E-state index < -0.39 is 0 Å². The molecule has 1 aliphatic rings. The molecule has 0 aromatic rings. The van der Waals surface area contributed by atoms with Gasteiger partial charge < -0.3 is 0 Å². The molecule has 0 heteroatoms. The summed E-state index contributed by atoms with van der Waals surface area (Å²) in [5.41, 5.74) is 0. The van der Waals surface area contributed by atoms with E-state index in [1.54, 1.807) is 5.92 Å². The molecule has 0 amide bonds. The van der Waals surface area contributed by atoms with Crippen LogP contribution in [0.4, 0.5) is 0 Å². The Kier molecular flexibility index (Phi) is 2.64. The van der Waals surface area contributed by atoms with E-state index in [1.807, 2.05) is 6.92 Å². The van der Waals surface area contributed by atoms with Gasteiger partial charge >= 0.3 is 0 Å². The summed E-state index contributed by atoms with van der Waals surface area (Å²) in [7, 11) is 0. The molecule has 1 aliphatic carbocycles. The van der Waals surface area contributed by atoms with Crippen LogP contribution in [-0.4, -0.2) is 0 Å². The van der Waals surface area contributed by atoms with Gasteiger partial charge in [-0.25, -0.2) is 0 Å². The largest absolute Gasteiger partial charge is 0.107 e. The fourth-order valence-corrected chi connectivity index (χ4v) is 1.27. The SMILES string of the molecule is CC#CC[C]1CCCC1. The maximum Gasteiger partial charge on any atom is 0.0151 e. The topological polar surface area (TPSA) is 0 Å². The Morgan fingerprint density at radius 1 is 1.33 bits per heavy atom. The average Bonchev–Trinajstić information content (AvgIpc) is 2.34. The maximum atomic E-state index is 3.10. The van der Waals surface area contributed by atoms with Crippen LogP contribution in [0, 0.1) is 17.8 Å². The third-order valence-electron chi connectivity index (χ3n) is 1.83. The highest BCUT2D eigenvalue weighted by atomic mass is 14.2. The molecule has 0 N–H and O–H groups in total. The first-order valence-corrected chi connectivity index (χ1v) is 3.66. The van der Waals surface area contributed by atoms with Crippen LogP contribution in [0.3, 0.4) is 0 Å². The van der Waals surface area contributed by atoms with Crippen molar-refractivity contribution in [3.8, 4) is 11.8 Å². The van der Waals surface area contributed by atoms with Crippen molar-refractivity contribution in [2.24, 2.45) is 0 Å². The van der Waals surface area contributed by atoms with Gasteiger partial charge in [-0.2, -0.15) is 0 Å². The second-order valence-electron chi connectivity index (χ2n) is 2.56. The van der Waals surface area contributed by atoms with Gasteiger partial charge in [0, 0.05) is 6.42 Å². The Balaban J connectivity index is 2.16. The molecule has 0 atom stereocenters. The van der Waals surface area contributed by atoms with Crippen LogP contribution in [0.15, 0.2) is 0 Å². The molecule has 1 fully saturated rings. The summed E-state index contributed by atoms with van der Waals surface area (Å²) in [5.74, 6) is 7.70. The molecule has 1 rings (SSSR count). The lowest BCUT2D eigenvalue weighted by Crippen LogP contribution is -1.85. The summed E-state index contributed by atoms with van der Waals surface area (Å²) in [6, 6.07) is 0. The van der Waals surface area contributed by atoms with Crippen molar-refractivity contribution in [3.05, 3.63) is 5.92 Å². The van der Waals surface area contributed by atoms with Crippen molar-refractivity contribution in [1.82, 2.24) is 0 Å². The van der Waals surface area contributed by atoms with Crippen LogP contribution in [0.2, 0.25) is 0 Å². The van der Waals surface area contributed by atoms with Crippen LogP contribution >= 0.6 is 0 Å². The fraction of sp³-hybridized carbons (Fsp3) is 0.667. The van der Waals surface area contributed by atoms with E-state index >= 15 is 0 Å². The van der Waals surface area contributed by atoms with Gasteiger partial charge in [-0.3, -0.25) is 0 Å². The monoisotopic (exact) mass is 121 g/mol. The summed E-state index contributed by atoms with van der Waals surface area (Å²) in [6.07, 6.45) is 6.56. The second-order valence-corrected chi connectivity index (χ2v) is 2.56. The lowest BCUT2D eigenvalue weighted by Gasteiger charge is -1.98. The Labute approximate surface area is 57.7 Å². The molecule has 0 aromatic carbocycles. The number of hydrogen-bond donors (Lipinski definition) is 0. The highest BCUT2D eigenvalue weighted by Crippen LogP contribution is 2.28. The third-order valence-corrected chi connectivity index (χ3v) is 1.83. The minimum absolute atomic E-state index is 1.07. The molecule has 0 aromatic heterocycles. The molecular formula is C9H13. The quantitative estimate of drug-likeness (QED) is 0.468. The zero-order chi connectivity index (χ0) is 6.53. The molecule has 0 spiro atoms. The van der Waals surface area contributed by atoms with Gasteiger partial charge in [0.05, 0.1) is 0 Å². The van der Waals surface area contributed by atoms with Crippen LogP contribution in [0.5, 0.6) is 0 Å². The Hall–Kier alpha value is -0.440. The first kappa shape index (κ1) is 6.68. The molecule has 1 saturated carbocycles. The zero-order valence-electron chi connectivity index (χ0n) is 6.04. The first-order chi connectivity index (χ1) is 4.43. The van der Waals surface area contributed by atoms with Crippen molar-refractivity contribution in [1.29, 1.82) is 0 Å². The summed E-state index contributed by atoms with van der Waals surface area (Å²) in [6.45, 7) is 1.91. The molecule has 9 heavy (non-hydrogen) atoms. The zero-order valence-corrected chi connectivity index (χ0v) is 6.04. The van der Waals surface area contributed by atoms with Crippen LogP contribution in [0.1, 0.15) is 39.0 Å². The minimum Gasteiger partial charge on any atom is -0.107 e. The van der Waals surface area contributed by atoms with Crippen LogP contribution in [0.25, 0.3) is 0 Å². The third kappa shape index (κ3) is 2.10. The van der Waals surface area contributed by atoms with Gasteiger partial charge in [0.25, 0.3) is 0 Å². The van der Waals surface area contributed by atoms with E-state index in [4.69, 9.17) is 0 Å². The predicted molar refractivity (Wildman–Crippen MR) is 39.8 cm³/mol. The van der Waals surface area contributed by atoms with E-state index in [-0.39, 0.29) is 0 Å². The molecule has 1 radical (unpaired) electrons. The van der Waals surface area contributed by atoms with Gasteiger partial charge in [0.2, 0.25) is 0 Å². The number of rotatable bonds is 1. The van der Waals surface area contributed by atoms with Crippen molar-refractivity contribution < 1.29 is 0 Å². The molecule has 0 saturated heterocycles. The summed E-state index contributed by atoms with van der Waals surface area (Å²) in [5, 5.41) is 0. The highest BCUT2D eigenvalue weighted by molar-refractivity contribution is 5.08. The van der Waals surface area contributed by atoms with Crippen LogP contribution < -0.4 is 0 Å². The Bertz CT molecular complexity index is 119. The van der Waals surface area contributed by atoms with Gasteiger partial charge in [-0.15, -0.1) is 11.8 Å². The van der Waals surface area contributed by atoms with Crippen molar-refractivity contribution >= 4 is 0 Å². The molecular weight excluding hydrogens is 108 g/mol. The Morgan fingerprint density at radius 2 is 2.00 bits per heavy atom. The van der Waals surface area contributed by atoms with E-state index in [0.717, 1.165) is 6.42 Å². The van der Waals surface area contributed by atoms with Gasteiger partial charge in [-0.1, -0.05) is 12.8 Å². The molecule has 0 aliphatic heterocycles. The molecule has 0 unspecified atom stereocenters. The predicted octanol–water partition coefficient (Wildman–Crippen LogP) is 2.55. The van der Waals surface area contributed by atoms with Crippen molar-refractivity contribution in [3.63, 3.8) is 0 Å². The van der Waals surface area contributed by atoms with Gasteiger partial charge in [0.1, 0.15) is 0 Å². The van der Waals surface area contributed by atoms with Crippen LogP contribution in [-0.2, 0) is 0 Å². The van der Waals surface area contributed by atoms with Crippen molar-refractivity contribution in [2.45, 2.75) is 39.0 Å². The van der Waals surface area contributed by atoms with E-state index in [0.29, 0.717) is 0 Å². The minimum atomic E-state index is 1.07. The normalized spacial score (nSPS) is 19.2. The standard InChI is InChI=1S/C9H13/c1-2-3-6-9-7-4-5-8-9/h4-8H2,1H3. The lowest BCUT2D eigenvalue weighted by molar-refractivity contribution is 0.871. The molecule has 0 heterocycles. The summed E-state index contributed by atoms with van der Waals surface area (Å²) in [4.78, 5) is 0. The molecule has 0 bridgehead atoms. The van der Waals surface area contributed by atoms with E-state index in [2.05, 4.69) is 11.8 Å². The maximum absolute atomic E-state index is 3.10.